The fraction of sp³-hybridized carbons (Fsp3) is 0.444. The van der Waals surface area contributed by atoms with Gasteiger partial charge < -0.3 is 25.2 Å². The Morgan fingerprint density at radius 3 is 2.74 bits per heavy atom. The summed E-state index contributed by atoms with van der Waals surface area (Å²) < 4.78 is 5.98. The van der Waals surface area contributed by atoms with Crippen molar-refractivity contribution in [2.45, 2.75) is 44.2 Å². The number of para-hydroxylation sites is 1. The third kappa shape index (κ3) is 5.76. The number of halogens is 1. The van der Waals surface area contributed by atoms with E-state index < -0.39 is 10.8 Å². The van der Waals surface area contributed by atoms with E-state index in [0.29, 0.717) is 55.8 Å². The summed E-state index contributed by atoms with van der Waals surface area (Å²) in [4.78, 5) is 54.4. The van der Waals surface area contributed by atoms with E-state index in [9.17, 15) is 24.5 Å². The van der Waals surface area contributed by atoms with Gasteiger partial charge in [0.15, 0.2) is 0 Å². The molecular weight excluding hydrogens is 570 g/mol. The van der Waals surface area contributed by atoms with Gasteiger partial charge >= 0.3 is 0 Å². The lowest BCUT2D eigenvalue weighted by atomic mass is 9.88. The Morgan fingerprint density at radius 1 is 1.18 bits per heavy atom. The molecule has 2 saturated heterocycles. The number of hydrogen-bond donors (Lipinski definition) is 2. The Labute approximate surface area is 234 Å². The second kappa shape index (κ2) is 11.3. The summed E-state index contributed by atoms with van der Waals surface area (Å²) in [5.41, 5.74) is 1.56. The molecule has 0 radical (unpaired) electrons. The lowest BCUT2D eigenvalue weighted by molar-refractivity contribution is -0.384. The Bertz CT molecular complexity index is 1320. The topological polar surface area (TPSA) is 134 Å². The van der Waals surface area contributed by atoms with Crippen LogP contribution in [0.5, 0.6) is 0 Å². The van der Waals surface area contributed by atoms with Crippen LogP contribution in [0, 0.1) is 10.1 Å². The maximum absolute atomic E-state index is 13.6. The zero-order chi connectivity index (χ0) is 27.7. The first-order valence-electron chi connectivity index (χ1n) is 13.0. The number of fused-ring (bicyclic) bond motifs is 1. The highest BCUT2D eigenvalue weighted by atomic mass is 79.9. The van der Waals surface area contributed by atoms with Crippen molar-refractivity contribution in [2.24, 2.45) is 0 Å². The summed E-state index contributed by atoms with van der Waals surface area (Å²) in [6.07, 6.45) is 1.28. The smallest absolute Gasteiger partial charge is 0.294 e. The number of carbonyl (C=O) groups excluding carboxylic acids is 3. The van der Waals surface area contributed by atoms with Crippen molar-refractivity contribution in [3.63, 3.8) is 0 Å². The molecule has 3 amide bonds. The Hall–Kier alpha value is -3.51. The van der Waals surface area contributed by atoms with E-state index >= 15 is 0 Å². The van der Waals surface area contributed by atoms with E-state index in [1.54, 1.807) is 21.9 Å². The van der Waals surface area contributed by atoms with Crippen molar-refractivity contribution in [2.75, 3.05) is 43.4 Å². The summed E-state index contributed by atoms with van der Waals surface area (Å²) in [5.74, 6) is -1.25. The third-order valence-corrected chi connectivity index (χ3v) is 7.87. The molecular formula is C27H30BrN5O6. The minimum Gasteiger partial charge on any atom is -0.375 e. The maximum atomic E-state index is 13.6. The Balaban J connectivity index is 1.39. The molecule has 0 saturated carbocycles. The summed E-state index contributed by atoms with van der Waals surface area (Å²) >= 11 is 3.32. The molecule has 206 valence electrons. The lowest BCUT2D eigenvalue weighted by Gasteiger charge is -2.37. The average Bonchev–Trinajstić information content (AvgIpc) is 2.92. The molecule has 3 heterocycles. The minimum atomic E-state index is -0.587. The van der Waals surface area contributed by atoms with Crippen molar-refractivity contribution >= 4 is 50.7 Å². The number of morpholine rings is 1. The van der Waals surface area contributed by atoms with Gasteiger partial charge in [0.2, 0.25) is 11.8 Å². The number of nitrogens with one attached hydrogen (secondary N) is 2. The Kier molecular flexibility index (Phi) is 7.85. The van der Waals surface area contributed by atoms with Gasteiger partial charge in [0.1, 0.15) is 5.69 Å². The largest absolute Gasteiger partial charge is 0.375 e. The van der Waals surface area contributed by atoms with E-state index in [1.807, 2.05) is 25.1 Å². The van der Waals surface area contributed by atoms with Gasteiger partial charge in [0.25, 0.3) is 11.6 Å². The molecule has 0 unspecified atom stereocenters. The van der Waals surface area contributed by atoms with Crippen molar-refractivity contribution in [1.29, 1.82) is 0 Å². The van der Waals surface area contributed by atoms with Crippen LogP contribution in [-0.4, -0.2) is 77.4 Å². The molecule has 2 N–H and O–H groups in total. The number of hydrogen-bond acceptors (Lipinski definition) is 7. The number of piperidine rings is 1. The lowest BCUT2D eigenvalue weighted by Crippen LogP contribution is -2.48. The minimum absolute atomic E-state index is 0.0687. The van der Waals surface area contributed by atoms with Gasteiger partial charge in [-0.3, -0.25) is 24.5 Å². The summed E-state index contributed by atoms with van der Waals surface area (Å²) in [7, 11) is 0. The molecule has 12 heteroatoms. The van der Waals surface area contributed by atoms with Gasteiger partial charge in [-0.2, -0.15) is 0 Å². The van der Waals surface area contributed by atoms with Crippen LogP contribution in [0.3, 0.4) is 0 Å². The van der Waals surface area contributed by atoms with Gasteiger partial charge in [-0.05, 0) is 37.5 Å². The van der Waals surface area contributed by atoms with E-state index in [0.717, 1.165) is 5.56 Å². The molecule has 0 aliphatic carbocycles. The molecule has 39 heavy (non-hydrogen) atoms. The number of ether oxygens (including phenoxy) is 1. The number of rotatable bonds is 5. The van der Waals surface area contributed by atoms with Crippen molar-refractivity contribution in [3.8, 4) is 0 Å². The number of anilines is 2. The molecule has 0 bridgehead atoms. The van der Waals surface area contributed by atoms with Gasteiger partial charge in [-0.1, -0.05) is 34.1 Å². The van der Waals surface area contributed by atoms with Crippen LogP contribution in [-0.2, 0) is 14.3 Å². The quantitative estimate of drug-likeness (QED) is 0.395. The number of benzene rings is 2. The van der Waals surface area contributed by atoms with E-state index in [1.165, 1.54) is 6.07 Å². The first-order chi connectivity index (χ1) is 18.7. The van der Waals surface area contributed by atoms with Crippen molar-refractivity contribution in [1.82, 2.24) is 9.80 Å². The molecule has 2 fully saturated rings. The molecule has 11 nitrogen and oxygen atoms in total. The predicted octanol–water partition coefficient (Wildman–Crippen LogP) is 3.75. The molecule has 3 aliphatic heterocycles. The third-order valence-electron chi connectivity index (χ3n) is 7.42. The van der Waals surface area contributed by atoms with Crippen LogP contribution in [0.1, 0.15) is 48.0 Å². The zero-order valence-electron chi connectivity index (χ0n) is 21.5. The first-order valence-corrected chi connectivity index (χ1v) is 13.8. The number of amides is 3. The Morgan fingerprint density at radius 2 is 1.97 bits per heavy atom. The number of nitro benzene ring substituents is 1. The van der Waals surface area contributed by atoms with Crippen LogP contribution >= 0.6 is 15.9 Å². The summed E-state index contributed by atoms with van der Waals surface area (Å²) in [6.45, 7) is 3.88. The highest BCUT2D eigenvalue weighted by Crippen LogP contribution is 2.37. The van der Waals surface area contributed by atoms with Gasteiger partial charge in [-0.15, -0.1) is 0 Å². The maximum Gasteiger partial charge on any atom is 0.294 e. The average molecular weight is 600 g/mol. The number of nitro groups is 1. The fourth-order valence-corrected chi connectivity index (χ4v) is 6.03. The van der Waals surface area contributed by atoms with E-state index in [2.05, 4.69) is 26.6 Å². The van der Waals surface area contributed by atoms with Crippen LogP contribution in [0.2, 0.25) is 0 Å². The van der Waals surface area contributed by atoms with Crippen LogP contribution in [0.4, 0.5) is 17.1 Å². The van der Waals surface area contributed by atoms with Crippen LogP contribution < -0.4 is 10.6 Å². The molecule has 5 rings (SSSR count). The number of likely N-dealkylation sites (tertiary alicyclic amines) is 1. The molecule has 2 aromatic rings. The van der Waals surface area contributed by atoms with Crippen molar-refractivity contribution < 1.29 is 24.0 Å². The first kappa shape index (κ1) is 27.1. The van der Waals surface area contributed by atoms with E-state index in [4.69, 9.17) is 4.74 Å². The molecule has 0 spiro atoms. The predicted molar refractivity (Wildman–Crippen MR) is 148 cm³/mol. The fourth-order valence-electron chi connectivity index (χ4n) is 5.58. The summed E-state index contributed by atoms with van der Waals surface area (Å²) in [5, 5.41) is 18.1. The highest BCUT2D eigenvalue weighted by molar-refractivity contribution is 9.10. The second-order valence-corrected chi connectivity index (χ2v) is 11.1. The van der Waals surface area contributed by atoms with Gasteiger partial charge in [-0.25, -0.2) is 0 Å². The highest BCUT2D eigenvalue weighted by Gasteiger charge is 2.36. The van der Waals surface area contributed by atoms with Gasteiger partial charge in [0.05, 0.1) is 29.1 Å². The second-order valence-electron chi connectivity index (χ2n) is 10.2. The van der Waals surface area contributed by atoms with Crippen LogP contribution in [0.25, 0.3) is 0 Å². The van der Waals surface area contributed by atoms with Crippen molar-refractivity contribution in [3.05, 3.63) is 62.1 Å². The number of carbonyl (C=O) groups is 3. The molecule has 3 aliphatic rings. The molecule has 2 aromatic carbocycles. The molecule has 3 atom stereocenters. The number of nitrogens with zero attached hydrogens (tertiary/aromatic N) is 3. The summed E-state index contributed by atoms with van der Waals surface area (Å²) in [6, 6.07) is 9.96. The standard InChI is InChI=1S/C27H30BrN5O6/c1-16-14-32(9-10-39-16)27(36)21-11-17(28)12-23(33(37)38)25(21)29-18-5-4-8-31(15-18)26(35)20-13-24(34)30-22-7-3-2-6-19(20)22/h2-3,6-7,11-12,16,18,20,29H,4-5,8-10,13-15H2,1H3,(H,30,34)/t16-,18-,20+/m1/s1. The molecule has 0 aromatic heterocycles. The monoisotopic (exact) mass is 599 g/mol. The van der Waals surface area contributed by atoms with Crippen LogP contribution in [0.15, 0.2) is 40.9 Å². The normalized spacial score (nSPS) is 23.0. The SMILES string of the molecule is C[C@@H]1CN(C(=O)c2cc(Br)cc([N+](=O)[O-])c2N[C@@H]2CCCN(C(=O)[C@H]3CC(=O)Nc4ccccc43)C2)CCO1. The zero-order valence-corrected chi connectivity index (χ0v) is 23.1. The van der Waals surface area contributed by atoms with Gasteiger partial charge in [0, 0.05) is 54.9 Å². The van der Waals surface area contributed by atoms with E-state index in [-0.39, 0.29) is 53.2 Å².